The highest BCUT2D eigenvalue weighted by atomic mass is 16.5. The van der Waals surface area contributed by atoms with Crippen molar-refractivity contribution >= 4 is 0 Å². The minimum Gasteiger partial charge on any atom is -0.493 e. The molecule has 0 aliphatic rings. The normalized spacial score (nSPS) is 12.2. The highest BCUT2D eigenvalue weighted by molar-refractivity contribution is 5.46. The third kappa shape index (κ3) is 3.14. The van der Waals surface area contributed by atoms with Gasteiger partial charge in [-0.1, -0.05) is 19.1 Å². The molecule has 1 rings (SSSR count). The van der Waals surface area contributed by atoms with Gasteiger partial charge in [0.1, 0.15) is 0 Å². The van der Waals surface area contributed by atoms with Crippen LogP contribution in [0.15, 0.2) is 18.2 Å². The van der Waals surface area contributed by atoms with Crippen molar-refractivity contribution in [3.63, 3.8) is 0 Å². The van der Waals surface area contributed by atoms with Gasteiger partial charge in [-0.05, 0) is 37.9 Å². The maximum absolute atomic E-state index is 5.89. The topological polar surface area (TPSA) is 44.5 Å². The molecule has 0 aliphatic heterocycles. The van der Waals surface area contributed by atoms with Crippen molar-refractivity contribution in [2.45, 2.75) is 32.8 Å². The molecule has 0 amide bonds. The van der Waals surface area contributed by atoms with Gasteiger partial charge in [0.15, 0.2) is 11.5 Å². The van der Waals surface area contributed by atoms with Crippen LogP contribution in [-0.4, -0.2) is 19.8 Å². The van der Waals surface area contributed by atoms with Crippen LogP contribution in [0.5, 0.6) is 11.5 Å². The number of nitrogens with two attached hydrogens (primary N) is 1. The van der Waals surface area contributed by atoms with Crippen molar-refractivity contribution < 1.29 is 9.47 Å². The molecule has 0 aromatic heterocycles. The van der Waals surface area contributed by atoms with Crippen LogP contribution in [0.2, 0.25) is 0 Å². The minimum atomic E-state index is 0.188. The molecule has 90 valence electrons. The molecule has 3 heteroatoms. The third-order valence-electron chi connectivity index (χ3n) is 2.59. The Morgan fingerprint density at radius 2 is 2.12 bits per heavy atom. The SMILES string of the molecule is CCC(C)Oc1c(CCN)cccc1OC. The van der Waals surface area contributed by atoms with Crippen LogP contribution in [0.25, 0.3) is 0 Å². The maximum Gasteiger partial charge on any atom is 0.164 e. The number of hydrogen-bond donors (Lipinski definition) is 1. The molecule has 1 aromatic carbocycles. The summed E-state index contributed by atoms with van der Waals surface area (Å²) in [7, 11) is 1.66. The lowest BCUT2D eigenvalue weighted by Gasteiger charge is -2.18. The van der Waals surface area contributed by atoms with E-state index in [1.807, 2.05) is 18.2 Å². The van der Waals surface area contributed by atoms with Gasteiger partial charge in [0.25, 0.3) is 0 Å². The summed E-state index contributed by atoms with van der Waals surface area (Å²) in [6, 6.07) is 5.91. The summed E-state index contributed by atoms with van der Waals surface area (Å²) < 4.78 is 11.2. The van der Waals surface area contributed by atoms with Crippen LogP contribution in [0.1, 0.15) is 25.8 Å². The van der Waals surface area contributed by atoms with E-state index >= 15 is 0 Å². The van der Waals surface area contributed by atoms with Crippen LogP contribution in [0, 0.1) is 0 Å². The van der Waals surface area contributed by atoms with E-state index in [1.54, 1.807) is 7.11 Å². The zero-order valence-corrected chi connectivity index (χ0v) is 10.3. The lowest BCUT2D eigenvalue weighted by Crippen LogP contribution is -2.13. The smallest absolute Gasteiger partial charge is 0.164 e. The first-order valence-corrected chi connectivity index (χ1v) is 5.75. The predicted octanol–water partition coefficient (Wildman–Crippen LogP) is 2.37. The molecule has 1 atom stereocenters. The number of benzene rings is 1. The van der Waals surface area contributed by atoms with E-state index in [-0.39, 0.29) is 6.10 Å². The van der Waals surface area contributed by atoms with E-state index in [0.29, 0.717) is 6.54 Å². The number of ether oxygens (including phenoxy) is 2. The average molecular weight is 223 g/mol. The summed E-state index contributed by atoms with van der Waals surface area (Å²) in [6.45, 7) is 4.77. The quantitative estimate of drug-likeness (QED) is 0.805. The van der Waals surface area contributed by atoms with Crippen LogP contribution in [-0.2, 0) is 6.42 Å². The molecule has 0 spiro atoms. The molecule has 0 saturated heterocycles. The third-order valence-corrected chi connectivity index (χ3v) is 2.59. The number of hydrogen-bond acceptors (Lipinski definition) is 3. The number of para-hydroxylation sites is 1. The highest BCUT2D eigenvalue weighted by Gasteiger charge is 2.12. The lowest BCUT2D eigenvalue weighted by molar-refractivity contribution is 0.205. The van der Waals surface area contributed by atoms with E-state index in [1.165, 1.54) is 0 Å². The van der Waals surface area contributed by atoms with Crippen molar-refractivity contribution in [1.29, 1.82) is 0 Å². The van der Waals surface area contributed by atoms with E-state index < -0.39 is 0 Å². The molecule has 16 heavy (non-hydrogen) atoms. The van der Waals surface area contributed by atoms with Crippen molar-refractivity contribution in [3.05, 3.63) is 23.8 Å². The van der Waals surface area contributed by atoms with Gasteiger partial charge in [0, 0.05) is 0 Å². The summed E-state index contributed by atoms with van der Waals surface area (Å²) in [5.41, 5.74) is 6.70. The van der Waals surface area contributed by atoms with Gasteiger partial charge in [-0.15, -0.1) is 0 Å². The van der Waals surface area contributed by atoms with E-state index in [4.69, 9.17) is 15.2 Å². The van der Waals surface area contributed by atoms with Crippen molar-refractivity contribution in [1.82, 2.24) is 0 Å². The molecule has 0 saturated carbocycles. The summed E-state index contributed by atoms with van der Waals surface area (Å²) in [5, 5.41) is 0. The van der Waals surface area contributed by atoms with Crippen molar-refractivity contribution in [2.75, 3.05) is 13.7 Å². The largest absolute Gasteiger partial charge is 0.493 e. The van der Waals surface area contributed by atoms with E-state index in [2.05, 4.69) is 13.8 Å². The summed E-state index contributed by atoms with van der Waals surface area (Å²) in [6.07, 6.45) is 1.97. The molecule has 0 bridgehead atoms. The van der Waals surface area contributed by atoms with Crippen LogP contribution in [0.4, 0.5) is 0 Å². The van der Waals surface area contributed by atoms with Gasteiger partial charge < -0.3 is 15.2 Å². The predicted molar refractivity (Wildman–Crippen MR) is 66.1 cm³/mol. The van der Waals surface area contributed by atoms with Crippen LogP contribution >= 0.6 is 0 Å². The molecule has 1 unspecified atom stereocenters. The van der Waals surface area contributed by atoms with Gasteiger partial charge in [0.05, 0.1) is 13.2 Å². The minimum absolute atomic E-state index is 0.188. The Kier molecular flexibility index (Phi) is 5.12. The lowest BCUT2D eigenvalue weighted by atomic mass is 10.1. The van der Waals surface area contributed by atoms with Crippen LogP contribution in [0.3, 0.4) is 0 Å². The van der Waals surface area contributed by atoms with Gasteiger partial charge >= 0.3 is 0 Å². The van der Waals surface area contributed by atoms with Gasteiger partial charge in [-0.25, -0.2) is 0 Å². The van der Waals surface area contributed by atoms with E-state index in [0.717, 1.165) is 29.9 Å². The molecule has 2 N–H and O–H groups in total. The Hall–Kier alpha value is -1.22. The second-order valence-electron chi connectivity index (χ2n) is 3.82. The standard InChI is InChI=1S/C13H21NO2/c1-4-10(2)16-13-11(8-9-14)6-5-7-12(13)15-3/h5-7,10H,4,8-9,14H2,1-3H3. The zero-order valence-electron chi connectivity index (χ0n) is 10.3. The molecular weight excluding hydrogens is 202 g/mol. The van der Waals surface area contributed by atoms with E-state index in [9.17, 15) is 0 Å². The molecule has 0 fully saturated rings. The maximum atomic E-state index is 5.89. The summed E-state index contributed by atoms with van der Waals surface area (Å²) in [5.74, 6) is 1.62. The zero-order chi connectivity index (χ0) is 12.0. The molecule has 0 radical (unpaired) electrons. The first kappa shape index (κ1) is 12.8. The van der Waals surface area contributed by atoms with Gasteiger partial charge in [-0.2, -0.15) is 0 Å². The second-order valence-corrected chi connectivity index (χ2v) is 3.82. The Morgan fingerprint density at radius 1 is 1.38 bits per heavy atom. The Balaban J connectivity index is 2.99. The second kappa shape index (κ2) is 6.38. The van der Waals surface area contributed by atoms with Gasteiger partial charge in [0.2, 0.25) is 0 Å². The Labute approximate surface area is 97.6 Å². The van der Waals surface area contributed by atoms with Crippen LogP contribution < -0.4 is 15.2 Å². The fourth-order valence-electron chi connectivity index (χ4n) is 1.49. The Morgan fingerprint density at radius 3 is 2.69 bits per heavy atom. The van der Waals surface area contributed by atoms with Crippen molar-refractivity contribution in [2.24, 2.45) is 5.73 Å². The monoisotopic (exact) mass is 223 g/mol. The summed E-state index contributed by atoms with van der Waals surface area (Å²) >= 11 is 0. The fraction of sp³-hybridized carbons (Fsp3) is 0.538. The molecule has 1 aromatic rings. The average Bonchev–Trinajstić information content (AvgIpc) is 2.31. The van der Waals surface area contributed by atoms with Gasteiger partial charge in [-0.3, -0.25) is 0 Å². The van der Waals surface area contributed by atoms with Crippen molar-refractivity contribution in [3.8, 4) is 11.5 Å². The molecule has 0 aliphatic carbocycles. The summed E-state index contributed by atoms with van der Waals surface area (Å²) in [4.78, 5) is 0. The first-order valence-electron chi connectivity index (χ1n) is 5.75. The highest BCUT2D eigenvalue weighted by Crippen LogP contribution is 2.32. The molecular formula is C13H21NO2. The first-order chi connectivity index (χ1) is 7.72. The number of rotatable bonds is 6. The Bertz CT molecular complexity index is 326. The molecule has 0 heterocycles. The number of methoxy groups -OCH3 is 1. The molecule has 3 nitrogen and oxygen atoms in total. The fourth-order valence-corrected chi connectivity index (χ4v) is 1.49.